The normalized spacial score (nSPS) is 9.95. The Labute approximate surface area is 106 Å². The van der Waals surface area contributed by atoms with Gasteiger partial charge in [0.25, 0.3) is 11.6 Å². The molecule has 0 spiro atoms. The topological polar surface area (TPSA) is 139 Å². The lowest BCUT2D eigenvalue weighted by Crippen LogP contribution is -2.14. The number of aromatic nitrogens is 2. The second kappa shape index (κ2) is 5.14. The summed E-state index contributed by atoms with van der Waals surface area (Å²) in [4.78, 5) is 22.0. The Kier molecular flexibility index (Phi) is 3.39. The number of carbonyl (C=O) groups excluding carboxylic acids is 1. The van der Waals surface area contributed by atoms with Crippen molar-refractivity contribution in [2.24, 2.45) is 5.84 Å². The number of hydrogen-bond acceptors (Lipinski definition) is 6. The molecule has 5 N–H and O–H groups in total. The second-order valence-electron chi connectivity index (χ2n) is 3.57. The van der Waals surface area contributed by atoms with E-state index in [1.807, 2.05) is 0 Å². The smallest absolute Gasteiger partial charge is 0.293 e. The van der Waals surface area contributed by atoms with Crippen LogP contribution in [0.4, 0.5) is 17.1 Å². The van der Waals surface area contributed by atoms with Crippen LogP contribution in [0, 0.1) is 10.1 Å². The van der Waals surface area contributed by atoms with E-state index >= 15 is 0 Å². The van der Waals surface area contributed by atoms with E-state index in [-0.39, 0.29) is 16.9 Å². The number of H-pyrrole nitrogens is 1. The molecule has 0 saturated heterocycles. The predicted octanol–water partition coefficient (Wildman–Crippen LogP) is 0.856. The Hall–Kier alpha value is -2.94. The third-order valence-corrected chi connectivity index (χ3v) is 2.37. The molecule has 1 aromatic carbocycles. The Morgan fingerprint density at radius 3 is 2.84 bits per heavy atom. The van der Waals surface area contributed by atoms with Crippen LogP contribution in [0.5, 0.6) is 0 Å². The lowest BCUT2D eigenvalue weighted by Gasteiger charge is -2.05. The summed E-state index contributed by atoms with van der Waals surface area (Å²) in [6, 6.07) is 3.85. The molecule has 19 heavy (non-hydrogen) atoms. The van der Waals surface area contributed by atoms with Crippen molar-refractivity contribution in [3.8, 4) is 0 Å². The standard InChI is InChI=1S/C10H10N6O3/c11-15-8-3-6(1-2-9(8)16(18)19)10(17)14-7-4-12-13-5-7/h1-5,15H,11H2,(H,12,13)(H,14,17). The first-order chi connectivity index (χ1) is 9.11. The first-order valence-corrected chi connectivity index (χ1v) is 5.17. The van der Waals surface area contributed by atoms with Gasteiger partial charge < -0.3 is 10.7 Å². The Morgan fingerprint density at radius 2 is 2.26 bits per heavy atom. The van der Waals surface area contributed by atoms with Crippen LogP contribution in [0.3, 0.4) is 0 Å². The minimum absolute atomic E-state index is 0.0600. The van der Waals surface area contributed by atoms with E-state index < -0.39 is 10.8 Å². The number of amides is 1. The van der Waals surface area contributed by atoms with E-state index in [9.17, 15) is 14.9 Å². The van der Waals surface area contributed by atoms with Crippen LogP contribution >= 0.6 is 0 Å². The first-order valence-electron chi connectivity index (χ1n) is 5.17. The average molecular weight is 262 g/mol. The summed E-state index contributed by atoms with van der Waals surface area (Å²) in [6.45, 7) is 0. The number of nitrogens with one attached hydrogen (secondary N) is 3. The van der Waals surface area contributed by atoms with Gasteiger partial charge in [0.2, 0.25) is 0 Å². The monoisotopic (exact) mass is 262 g/mol. The maximum absolute atomic E-state index is 11.9. The molecule has 98 valence electrons. The fourth-order valence-electron chi connectivity index (χ4n) is 1.47. The van der Waals surface area contributed by atoms with Gasteiger partial charge in [0.1, 0.15) is 5.69 Å². The minimum Gasteiger partial charge on any atom is -0.319 e. The van der Waals surface area contributed by atoms with Gasteiger partial charge in [-0.1, -0.05) is 0 Å². The summed E-state index contributed by atoms with van der Waals surface area (Å²) < 4.78 is 0. The largest absolute Gasteiger partial charge is 0.319 e. The van der Waals surface area contributed by atoms with Gasteiger partial charge in [0.15, 0.2) is 0 Å². The average Bonchev–Trinajstić information content (AvgIpc) is 2.90. The number of benzene rings is 1. The van der Waals surface area contributed by atoms with E-state index in [4.69, 9.17) is 5.84 Å². The molecule has 1 aromatic heterocycles. The third-order valence-electron chi connectivity index (χ3n) is 2.37. The molecule has 0 fully saturated rings. The number of nitrogens with two attached hydrogens (primary N) is 1. The summed E-state index contributed by atoms with van der Waals surface area (Å²) >= 11 is 0. The molecule has 9 nitrogen and oxygen atoms in total. The van der Waals surface area contributed by atoms with E-state index in [2.05, 4.69) is 20.9 Å². The molecule has 0 unspecified atom stereocenters. The molecule has 0 aliphatic heterocycles. The highest BCUT2D eigenvalue weighted by atomic mass is 16.6. The molecule has 0 aliphatic carbocycles. The number of aromatic amines is 1. The number of anilines is 2. The van der Waals surface area contributed by atoms with Crippen molar-refractivity contribution >= 4 is 23.0 Å². The van der Waals surface area contributed by atoms with E-state index in [0.717, 1.165) is 0 Å². The maximum Gasteiger partial charge on any atom is 0.293 e. The van der Waals surface area contributed by atoms with Crippen LogP contribution in [-0.4, -0.2) is 21.0 Å². The molecule has 0 bridgehead atoms. The molecular weight excluding hydrogens is 252 g/mol. The fraction of sp³-hybridized carbons (Fsp3) is 0. The number of nitrogen functional groups attached to an aromatic ring is 1. The molecule has 1 amide bonds. The van der Waals surface area contributed by atoms with Crippen molar-refractivity contribution in [1.82, 2.24) is 10.2 Å². The lowest BCUT2D eigenvalue weighted by atomic mass is 10.1. The number of nitro benzene ring substituents is 1. The molecule has 1 heterocycles. The molecule has 0 radical (unpaired) electrons. The minimum atomic E-state index is -0.590. The van der Waals surface area contributed by atoms with Gasteiger partial charge in [-0.25, -0.2) is 0 Å². The number of rotatable bonds is 4. The zero-order valence-electron chi connectivity index (χ0n) is 9.58. The van der Waals surface area contributed by atoms with Crippen molar-refractivity contribution in [2.75, 3.05) is 10.7 Å². The molecule has 0 aliphatic rings. The summed E-state index contributed by atoms with van der Waals surface area (Å²) in [5, 5.41) is 19.5. The van der Waals surface area contributed by atoms with Crippen LogP contribution < -0.4 is 16.6 Å². The number of hydrogen-bond donors (Lipinski definition) is 4. The van der Waals surface area contributed by atoms with Gasteiger partial charge in [-0.3, -0.25) is 25.9 Å². The molecule has 0 atom stereocenters. The van der Waals surface area contributed by atoms with Crippen molar-refractivity contribution in [3.05, 3.63) is 46.3 Å². The summed E-state index contributed by atoms with van der Waals surface area (Å²) in [7, 11) is 0. The van der Waals surface area contributed by atoms with Gasteiger partial charge in [-0.15, -0.1) is 0 Å². The lowest BCUT2D eigenvalue weighted by molar-refractivity contribution is -0.384. The second-order valence-corrected chi connectivity index (χ2v) is 3.57. The van der Waals surface area contributed by atoms with Crippen molar-refractivity contribution < 1.29 is 9.72 Å². The van der Waals surface area contributed by atoms with Gasteiger partial charge in [-0.2, -0.15) is 5.10 Å². The molecule has 2 rings (SSSR count). The number of nitro groups is 1. The van der Waals surface area contributed by atoms with Crippen LogP contribution in [0.1, 0.15) is 10.4 Å². The zero-order chi connectivity index (χ0) is 13.8. The highest BCUT2D eigenvalue weighted by molar-refractivity contribution is 6.05. The summed E-state index contributed by atoms with van der Waals surface area (Å²) in [5.41, 5.74) is 2.77. The van der Waals surface area contributed by atoms with Gasteiger partial charge in [0, 0.05) is 17.8 Å². The van der Waals surface area contributed by atoms with Crippen LogP contribution in [-0.2, 0) is 0 Å². The fourth-order valence-corrected chi connectivity index (χ4v) is 1.47. The molecular formula is C10H10N6O3. The number of nitrogens with zero attached hydrogens (tertiary/aromatic N) is 2. The Bertz CT molecular complexity index is 610. The third kappa shape index (κ3) is 2.66. The van der Waals surface area contributed by atoms with Crippen molar-refractivity contribution in [1.29, 1.82) is 0 Å². The summed E-state index contributed by atoms with van der Waals surface area (Å²) in [6.07, 6.45) is 2.94. The quantitative estimate of drug-likeness (QED) is 0.366. The highest BCUT2D eigenvalue weighted by Crippen LogP contribution is 2.24. The number of hydrazine groups is 1. The van der Waals surface area contributed by atoms with Crippen LogP contribution in [0.25, 0.3) is 0 Å². The SMILES string of the molecule is NNc1cc(C(=O)Nc2cn[nH]c2)ccc1[N+](=O)[O-]. The van der Waals surface area contributed by atoms with Crippen molar-refractivity contribution in [2.45, 2.75) is 0 Å². The maximum atomic E-state index is 11.9. The van der Waals surface area contributed by atoms with Gasteiger partial charge in [-0.05, 0) is 12.1 Å². The van der Waals surface area contributed by atoms with Gasteiger partial charge in [0.05, 0.1) is 16.8 Å². The van der Waals surface area contributed by atoms with E-state index in [1.165, 1.54) is 30.6 Å². The molecule has 0 saturated carbocycles. The highest BCUT2D eigenvalue weighted by Gasteiger charge is 2.16. The Morgan fingerprint density at radius 1 is 1.47 bits per heavy atom. The van der Waals surface area contributed by atoms with Crippen LogP contribution in [0.15, 0.2) is 30.6 Å². The molecule has 9 heteroatoms. The van der Waals surface area contributed by atoms with Crippen LogP contribution in [0.2, 0.25) is 0 Å². The first kappa shape index (κ1) is 12.5. The van der Waals surface area contributed by atoms with Gasteiger partial charge >= 0.3 is 0 Å². The number of carbonyl (C=O) groups is 1. The zero-order valence-corrected chi connectivity index (χ0v) is 9.58. The van der Waals surface area contributed by atoms with E-state index in [1.54, 1.807) is 0 Å². The molecule has 2 aromatic rings. The van der Waals surface area contributed by atoms with Crippen molar-refractivity contribution in [3.63, 3.8) is 0 Å². The van der Waals surface area contributed by atoms with E-state index in [0.29, 0.717) is 5.69 Å². The summed E-state index contributed by atoms with van der Waals surface area (Å²) in [5.74, 6) is 4.77. The predicted molar refractivity (Wildman–Crippen MR) is 67.4 cm³/mol. The Balaban J connectivity index is 2.25.